The number of rotatable bonds is 8. The van der Waals surface area contributed by atoms with Crippen LogP contribution >= 0.6 is 11.8 Å². The maximum absolute atomic E-state index is 12.5. The zero-order valence-corrected chi connectivity index (χ0v) is 19.4. The standard InChI is InChI=1S/C25H22N4O4S/c1-16-11-12-19(14-21(16)27-23(31)17-7-4-3-5-8-17)26-22(30)15-34-25-29-28-24(33-25)18-9-6-10-20(13-18)32-2/h3-14H,15H2,1-2H3,(H,26,30)(H,27,31). The van der Waals surface area contributed by atoms with Crippen molar-refractivity contribution in [3.63, 3.8) is 0 Å². The second kappa shape index (κ2) is 10.7. The van der Waals surface area contributed by atoms with Crippen molar-refractivity contribution in [2.75, 3.05) is 23.5 Å². The number of hydrogen-bond donors (Lipinski definition) is 2. The van der Waals surface area contributed by atoms with Crippen molar-refractivity contribution in [2.45, 2.75) is 12.1 Å². The minimum absolute atomic E-state index is 0.0827. The van der Waals surface area contributed by atoms with E-state index >= 15 is 0 Å². The lowest BCUT2D eigenvalue weighted by molar-refractivity contribution is -0.113. The topological polar surface area (TPSA) is 106 Å². The van der Waals surface area contributed by atoms with Gasteiger partial charge < -0.3 is 19.8 Å². The summed E-state index contributed by atoms with van der Waals surface area (Å²) in [6.07, 6.45) is 0. The molecule has 0 aliphatic rings. The molecule has 3 aromatic carbocycles. The molecule has 0 radical (unpaired) electrons. The predicted octanol–water partition coefficient (Wildman–Crippen LogP) is 5.04. The molecule has 2 N–H and O–H groups in total. The highest BCUT2D eigenvalue weighted by Gasteiger charge is 2.13. The summed E-state index contributed by atoms with van der Waals surface area (Å²) in [6.45, 7) is 1.89. The summed E-state index contributed by atoms with van der Waals surface area (Å²) in [6, 6.07) is 21.6. The van der Waals surface area contributed by atoms with Crippen molar-refractivity contribution >= 4 is 35.0 Å². The van der Waals surface area contributed by atoms with Gasteiger partial charge in [-0.25, -0.2) is 0 Å². The average molecular weight is 475 g/mol. The van der Waals surface area contributed by atoms with Gasteiger partial charge in [0, 0.05) is 22.5 Å². The number of hydrogen-bond acceptors (Lipinski definition) is 7. The normalized spacial score (nSPS) is 10.5. The molecule has 1 aromatic heterocycles. The number of carbonyl (C=O) groups excluding carboxylic acids is 2. The van der Waals surface area contributed by atoms with Gasteiger partial charge >= 0.3 is 0 Å². The molecule has 0 saturated carbocycles. The van der Waals surface area contributed by atoms with Crippen molar-refractivity contribution in [1.82, 2.24) is 10.2 Å². The van der Waals surface area contributed by atoms with Crippen LogP contribution in [0.3, 0.4) is 0 Å². The maximum Gasteiger partial charge on any atom is 0.277 e. The van der Waals surface area contributed by atoms with Crippen molar-refractivity contribution in [3.8, 4) is 17.2 Å². The zero-order chi connectivity index (χ0) is 23.9. The Labute approximate surface area is 200 Å². The number of aromatic nitrogens is 2. The van der Waals surface area contributed by atoms with Crippen molar-refractivity contribution in [2.24, 2.45) is 0 Å². The van der Waals surface area contributed by atoms with E-state index in [0.717, 1.165) is 22.9 Å². The molecule has 34 heavy (non-hydrogen) atoms. The number of carbonyl (C=O) groups is 2. The first-order chi connectivity index (χ1) is 16.5. The lowest BCUT2D eigenvalue weighted by Gasteiger charge is -2.11. The van der Waals surface area contributed by atoms with Crippen LogP contribution in [0.15, 0.2) is 82.4 Å². The number of benzene rings is 3. The van der Waals surface area contributed by atoms with Crippen molar-refractivity contribution in [1.29, 1.82) is 0 Å². The third kappa shape index (κ3) is 5.81. The fraction of sp³-hybridized carbons (Fsp3) is 0.120. The van der Waals surface area contributed by atoms with Gasteiger partial charge in [-0.1, -0.05) is 42.1 Å². The Morgan fingerprint density at radius 1 is 0.971 bits per heavy atom. The number of methoxy groups -OCH3 is 1. The molecule has 8 nitrogen and oxygen atoms in total. The highest BCUT2D eigenvalue weighted by atomic mass is 32.2. The third-order valence-corrected chi connectivity index (χ3v) is 5.67. The summed E-state index contributed by atoms with van der Waals surface area (Å²) in [4.78, 5) is 24.9. The molecule has 9 heteroatoms. The average Bonchev–Trinajstić information content (AvgIpc) is 3.34. The van der Waals surface area contributed by atoms with Gasteiger partial charge in [0.2, 0.25) is 11.8 Å². The first-order valence-electron chi connectivity index (χ1n) is 10.4. The lowest BCUT2D eigenvalue weighted by Crippen LogP contribution is -2.15. The van der Waals surface area contributed by atoms with E-state index in [0.29, 0.717) is 28.6 Å². The Balaban J connectivity index is 1.35. The number of nitrogens with zero attached hydrogens (tertiary/aromatic N) is 2. The van der Waals surface area contributed by atoms with Crippen LogP contribution in [-0.4, -0.2) is 34.9 Å². The maximum atomic E-state index is 12.5. The molecule has 0 atom stereocenters. The predicted molar refractivity (Wildman–Crippen MR) is 131 cm³/mol. The summed E-state index contributed by atoms with van der Waals surface area (Å²) < 4.78 is 10.9. The largest absolute Gasteiger partial charge is 0.497 e. The Morgan fingerprint density at radius 2 is 1.79 bits per heavy atom. The molecular formula is C25H22N4O4S. The Morgan fingerprint density at radius 3 is 2.59 bits per heavy atom. The van der Waals surface area contributed by atoms with E-state index < -0.39 is 0 Å². The van der Waals surface area contributed by atoms with Crippen LogP contribution in [0.4, 0.5) is 11.4 Å². The molecule has 172 valence electrons. The van der Waals surface area contributed by atoms with Gasteiger partial charge in [-0.05, 0) is 55.0 Å². The minimum atomic E-state index is -0.240. The molecule has 0 aliphatic carbocycles. The number of amides is 2. The van der Waals surface area contributed by atoms with Crippen molar-refractivity contribution in [3.05, 3.63) is 83.9 Å². The molecule has 4 rings (SSSR count). The molecule has 0 bridgehead atoms. The van der Waals surface area contributed by atoms with Crippen LogP contribution in [0.25, 0.3) is 11.5 Å². The highest BCUT2D eigenvalue weighted by Crippen LogP contribution is 2.26. The second-order valence-electron chi connectivity index (χ2n) is 7.29. The van der Waals surface area contributed by atoms with Crippen LogP contribution in [0, 0.1) is 6.92 Å². The number of thioether (sulfide) groups is 1. The molecule has 2 amide bonds. The van der Waals surface area contributed by atoms with Gasteiger partial charge in [-0.2, -0.15) is 0 Å². The zero-order valence-electron chi connectivity index (χ0n) is 18.6. The van der Waals surface area contributed by atoms with Crippen LogP contribution in [0.1, 0.15) is 15.9 Å². The van der Waals surface area contributed by atoms with Gasteiger partial charge in [-0.3, -0.25) is 9.59 Å². The quantitative estimate of drug-likeness (QED) is 0.345. The van der Waals surface area contributed by atoms with E-state index in [-0.39, 0.29) is 22.8 Å². The molecule has 0 unspecified atom stereocenters. The lowest BCUT2D eigenvalue weighted by atomic mass is 10.1. The van der Waals surface area contributed by atoms with Gasteiger partial charge in [0.15, 0.2) is 0 Å². The smallest absolute Gasteiger partial charge is 0.277 e. The summed E-state index contributed by atoms with van der Waals surface area (Å²) in [5.41, 5.74) is 3.36. The first-order valence-corrected chi connectivity index (χ1v) is 11.4. The van der Waals surface area contributed by atoms with Gasteiger partial charge in [0.25, 0.3) is 11.1 Å². The van der Waals surface area contributed by atoms with E-state index in [1.165, 1.54) is 0 Å². The fourth-order valence-electron chi connectivity index (χ4n) is 3.08. The Bertz CT molecular complexity index is 1310. The second-order valence-corrected chi connectivity index (χ2v) is 8.22. The molecule has 1 heterocycles. The Hall–Kier alpha value is -4.11. The molecular weight excluding hydrogens is 452 g/mol. The van der Waals surface area contributed by atoms with E-state index in [4.69, 9.17) is 9.15 Å². The molecule has 0 aliphatic heterocycles. The SMILES string of the molecule is COc1cccc(-c2nnc(SCC(=O)Nc3ccc(C)c(NC(=O)c4ccccc4)c3)o2)c1. The van der Waals surface area contributed by atoms with Crippen LogP contribution in [-0.2, 0) is 4.79 Å². The molecule has 4 aromatic rings. The van der Waals surface area contributed by atoms with Gasteiger partial charge in [0.05, 0.1) is 12.9 Å². The summed E-state index contributed by atoms with van der Waals surface area (Å²) in [7, 11) is 1.58. The van der Waals surface area contributed by atoms with E-state index in [1.807, 2.05) is 37.3 Å². The van der Waals surface area contributed by atoms with Crippen LogP contribution in [0.2, 0.25) is 0 Å². The summed E-state index contributed by atoms with van der Waals surface area (Å²) in [5.74, 6) is 0.654. The molecule has 0 saturated heterocycles. The highest BCUT2D eigenvalue weighted by molar-refractivity contribution is 7.99. The number of nitrogens with one attached hydrogen (secondary N) is 2. The number of aryl methyl sites for hydroxylation is 1. The molecule has 0 fully saturated rings. The van der Waals surface area contributed by atoms with Crippen LogP contribution < -0.4 is 15.4 Å². The number of anilines is 2. The van der Waals surface area contributed by atoms with E-state index in [2.05, 4.69) is 20.8 Å². The third-order valence-electron chi connectivity index (χ3n) is 4.86. The monoisotopic (exact) mass is 474 g/mol. The summed E-state index contributed by atoms with van der Waals surface area (Å²) in [5, 5.41) is 14.0. The minimum Gasteiger partial charge on any atom is -0.497 e. The van der Waals surface area contributed by atoms with Gasteiger partial charge in [-0.15, -0.1) is 10.2 Å². The van der Waals surface area contributed by atoms with Crippen molar-refractivity contribution < 1.29 is 18.7 Å². The van der Waals surface area contributed by atoms with E-state index in [9.17, 15) is 9.59 Å². The van der Waals surface area contributed by atoms with E-state index in [1.54, 1.807) is 49.6 Å². The Kier molecular flexibility index (Phi) is 7.24. The van der Waals surface area contributed by atoms with Gasteiger partial charge in [0.1, 0.15) is 5.75 Å². The number of ether oxygens (including phenoxy) is 1. The van der Waals surface area contributed by atoms with Crippen LogP contribution in [0.5, 0.6) is 5.75 Å². The summed E-state index contributed by atoms with van der Waals surface area (Å²) >= 11 is 1.14. The first kappa shape index (κ1) is 23.1. The molecule has 0 spiro atoms. The fourth-order valence-corrected chi connectivity index (χ4v) is 3.65.